The third-order valence-corrected chi connectivity index (χ3v) is 2.45. The Labute approximate surface area is 121 Å². The van der Waals surface area contributed by atoms with Crippen LogP contribution in [0, 0.1) is 0 Å². The molecule has 10 heteroatoms. The minimum Gasteiger partial charge on any atom is -0.477 e. The highest BCUT2D eigenvalue weighted by atomic mass is 35.5. The summed E-state index contributed by atoms with van der Waals surface area (Å²) in [5.41, 5.74) is -2.00. The summed E-state index contributed by atoms with van der Waals surface area (Å²) < 4.78 is 38.2. The van der Waals surface area contributed by atoms with Gasteiger partial charge >= 0.3 is 12.1 Å². The SMILES string of the molecule is Cl.O=C(O)c1cc(C(F)(F)F)nn1-c1ncccc1Cl. The topological polar surface area (TPSA) is 68.0 Å². The van der Waals surface area contributed by atoms with Gasteiger partial charge in [0.2, 0.25) is 0 Å². The van der Waals surface area contributed by atoms with Gasteiger partial charge in [0.05, 0.1) is 5.02 Å². The maximum Gasteiger partial charge on any atom is 0.435 e. The molecule has 0 amide bonds. The Hall–Kier alpha value is -1.80. The van der Waals surface area contributed by atoms with Crippen LogP contribution in [0.4, 0.5) is 13.2 Å². The second-order valence-electron chi connectivity index (χ2n) is 3.44. The highest BCUT2D eigenvalue weighted by Gasteiger charge is 2.36. The molecule has 2 aromatic rings. The van der Waals surface area contributed by atoms with Gasteiger partial charge < -0.3 is 5.11 Å². The summed E-state index contributed by atoms with van der Waals surface area (Å²) in [6.45, 7) is 0. The number of pyridine rings is 1. The highest BCUT2D eigenvalue weighted by Crippen LogP contribution is 2.30. The van der Waals surface area contributed by atoms with Crippen LogP contribution in [0.2, 0.25) is 5.02 Å². The van der Waals surface area contributed by atoms with Gasteiger partial charge in [-0.15, -0.1) is 12.4 Å². The minimum atomic E-state index is -4.75. The average Bonchev–Trinajstić information content (AvgIpc) is 2.74. The fraction of sp³-hybridized carbons (Fsp3) is 0.100. The molecule has 0 saturated heterocycles. The number of aromatic carboxylic acids is 1. The molecule has 2 aromatic heterocycles. The quantitative estimate of drug-likeness (QED) is 0.920. The van der Waals surface area contributed by atoms with E-state index in [1.54, 1.807) is 0 Å². The summed E-state index contributed by atoms with van der Waals surface area (Å²) in [4.78, 5) is 14.7. The fourth-order valence-electron chi connectivity index (χ4n) is 1.37. The fourth-order valence-corrected chi connectivity index (χ4v) is 1.57. The van der Waals surface area contributed by atoms with E-state index in [4.69, 9.17) is 16.7 Å². The molecule has 108 valence electrons. The zero-order valence-electron chi connectivity index (χ0n) is 9.43. The van der Waals surface area contributed by atoms with Crippen LogP contribution < -0.4 is 0 Å². The molecule has 0 aliphatic rings. The zero-order chi connectivity index (χ0) is 14.2. The second-order valence-corrected chi connectivity index (χ2v) is 3.85. The van der Waals surface area contributed by atoms with Crippen LogP contribution in [-0.2, 0) is 6.18 Å². The summed E-state index contributed by atoms with van der Waals surface area (Å²) in [6.07, 6.45) is -3.49. The van der Waals surface area contributed by atoms with Crippen molar-refractivity contribution in [3.8, 4) is 5.82 Å². The lowest BCUT2D eigenvalue weighted by molar-refractivity contribution is -0.141. The third kappa shape index (κ3) is 3.02. The van der Waals surface area contributed by atoms with Gasteiger partial charge in [-0.3, -0.25) is 0 Å². The third-order valence-electron chi connectivity index (χ3n) is 2.16. The Kier molecular flexibility index (Phi) is 4.61. The lowest BCUT2D eigenvalue weighted by Gasteiger charge is -2.05. The van der Waals surface area contributed by atoms with Crippen LogP contribution in [-0.4, -0.2) is 25.8 Å². The first-order chi connectivity index (χ1) is 8.80. The maximum absolute atomic E-state index is 12.5. The van der Waals surface area contributed by atoms with E-state index in [1.807, 2.05) is 0 Å². The number of rotatable bonds is 2. The van der Waals surface area contributed by atoms with Gasteiger partial charge in [-0.1, -0.05) is 11.6 Å². The van der Waals surface area contributed by atoms with Crippen LogP contribution in [0.5, 0.6) is 0 Å². The summed E-state index contributed by atoms with van der Waals surface area (Å²) in [6, 6.07) is 3.25. The smallest absolute Gasteiger partial charge is 0.435 e. The Morgan fingerprint density at radius 3 is 2.55 bits per heavy atom. The number of carboxylic acids is 1. The molecule has 1 N–H and O–H groups in total. The molecule has 2 rings (SSSR count). The number of hydrogen-bond donors (Lipinski definition) is 1. The van der Waals surface area contributed by atoms with Crippen molar-refractivity contribution < 1.29 is 23.1 Å². The van der Waals surface area contributed by atoms with Crippen molar-refractivity contribution in [1.82, 2.24) is 14.8 Å². The van der Waals surface area contributed by atoms with E-state index in [0.29, 0.717) is 10.7 Å². The first kappa shape index (κ1) is 16.3. The van der Waals surface area contributed by atoms with Crippen molar-refractivity contribution in [2.75, 3.05) is 0 Å². The molecule has 0 unspecified atom stereocenters. The van der Waals surface area contributed by atoms with Crippen LogP contribution >= 0.6 is 24.0 Å². The number of hydrogen-bond acceptors (Lipinski definition) is 3. The number of nitrogens with zero attached hydrogens (tertiary/aromatic N) is 3. The van der Waals surface area contributed by atoms with Crippen molar-refractivity contribution in [2.24, 2.45) is 0 Å². The van der Waals surface area contributed by atoms with Crippen LogP contribution in [0.1, 0.15) is 16.2 Å². The lowest BCUT2D eigenvalue weighted by Crippen LogP contribution is -2.11. The van der Waals surface area contributed by atoms with Crippen molar-refractivity contribution >= 4 is 30.0 Å². The first-order valence-electron chi connectivity index (χ1n) is 4.82. The van der Waals surface area contributed by atoms with Crippen LogP contribution in [0.3, 0.4) is 0 Å². The van der Waals surface area contributed by atoms with E-state index in [2.05, 4.69) is 10.1 Å². The molecule has 0 bridgehead atoms. The van der Waals surface area contributed by atoms with Crippen LogP contribution in [0.25, 0.3) is 5.82 Å². The number of carboxylic acid groups (broad SMARTS) is 1. The summed E-state index contributed by atoms with van der Waals surface area (Å²) in [5, 5.41) is 12.1. The molecule has 0 spiro atoms. The van der Waals surface area contributed by atoms with Crippen molar-refractivity contribution in [3.05, 3.63) is 40.8 Å². The molecular weight excluding hydrogens is 322 g/mol. The molecule has 5 nitrogen and oxygen atoms in total. The number of carbonyl (C=O) groups is 1. The van der Waals surface area contributed by atoms with E-state index in [1.165, 1.54) is 18.3 Å². The van der Waals surface area contributed by atoms with E-state index in [0.717, 1.165) is 0 Å². The van der Waals surface area contributed by atoms with Crippen molar-refractivity contribution in [3.63, 3.8) is 0 Å². The molecular formula is C10H6Cl2F3N3O2. The van der Waals surface area contributed by atoms with Gasteiger partial charge in [0.1, 0.15) is 0 Å². The van der Waals surface area contributed by atoms with E-state index >= 15 is 0 Å². The predicted octanol–water partition coefficient (Wildman–Crippen LogP) is 3.06. The molecule has 0 saturated carbocycles. The maximum atomic E-state index is 12.5. The van der Waals surface area contributed by atoms with Crippen molar-refractivity contribution in [2.45, 2.75) is 6.18 Å². The van der Waals surface area contributed by atoms with Gasteiger partial charge in [-0.2, -0.15) is 18.3 Å². The molecule has 0 aliphatic carbocycles. The van der Waals surface area contributed by atoms with Gasteiger partial charge in [0.25, 0.3) is 0 Å². The zero-order valence-corrected chi connectivity index (χ0v) is 11.0. The predicted molar refractivity (Wildman–Crippen MR) is 65.6 cm³/mol. The monoisotopic (exact) mass is 327 g/mol. The summed E-state index contributed by atoms with van der Waals surface area (Å²) in [7, 11) is 0. The van der Waals surface area contributed by atoms with Crippen molar-refractivity contribution in [1.29, 1.82) is 0 Å². The number of alkyl halides is 3. The number of aromatic nitrogens is 3. The van der Waals surface area contributed by atoms with E-state index in [9.17, 15) is 18.0 Å². The molecule has 0 atom stereocenters. The molecule has 2 heterocycles. The largest absolute Gasteiger partial charge is 0.477 e. The second kappa shape index (κ2) is 5.68. The molecule has 0 radical (unpaired) electrons. The van der Waals surface area contributed by atoms with Crippen LogP contribution in [0.15, 0.2) is 24.4 Å². The average molecular weight is 328 g/mol. The van der Waals surface area contributed by atoms with E-state index < -0.39 is 23.5 Å². The van der Waals surface area contributed by atoms with Gasteiger partial charge in [-0.05, 0) is 12.1 Å². The summed E-state index contributed by atoms with van der Waals surface area (Å²) in [5.74, 6) is -1.75. The Morgan fingerprint density at radius 2 is 2.05 bits per heavy atom. The first-order valence-corrected chi connectivity index (χ1v) is 5.20. The summed E-state index contributed by atoms with van der Waals surface area (Å²) >= 11 is 5.76. The van der Waals surface area contributed by atoms with Gasteiger partial charge in [0.15, 0.2) is 17.2 Å². The Balaban J connectivity index is 0.00000200. The Morgan fingerprint density at radius 1 is 1.40 bits per heavy atom. The standard InChI is InChI=1S/C10H5ClF3N3O2.ClH/c11-5-2-1-3-15-8(5)17-6(9(18)19)4-7(16-17)10(12,13)14;/h1-4H,(H,18,19);1H. The highest BCUT2D eigenvalue weighted by molar-refractivity contribution is 6.32. The molecule has 0 aromatic carbocycles. The number of halogens is 5. The minimum absolute atomic E-state index is 0. The van der Waals surface area contributed by atoms with Gasteiger partial charge in [-0.25, -0.2) is 14.5 Å². The van der Waals surface area contributed by atoms with Gasteiger partial charge in [0, 0.05) is 12.3 Å². The molecule has 20 heavy (non-hydrogen) atoms. The lowest BCUT2D eigenvalue weighted by atomic mass is 10.3. The van der Waals surface area contributed by atoms with E-state index in [-0.39, 0.29) is 23.2 Å². The molecule has 0 fully saturated rings. The normalized spacial score (nSPS) is 11.0. The Bertz CT molecular complexity index is 643. The molecule has 0 aliphatic heterocycles.